The van der Waals surface area contributed by atoms with Crippen LogP contribution < -0.4 is 15.9 Å². The Morgan fingerprint density at radius 3 is 1.19 bits per heavy atom. The van der Waals surface area contributed by atoms with Crippen molar-refractivity contribution >= 4 is 53.5 Å². The first-order valence-electron chi connectivity index (χ1n) is 9.74. The molecule has 0 bridgehead atoms. The second-order valence-corrected chi connectivity index (χ2v) is 15.2. The molecule has 0 amide bonds. The Morgan fingerprint density at radius 2 is 0.871 bits per heavy atom. The molecule has 0 nitrogen and oxygen atoms in total. The zero-order valence-electron chi connectivity index (χ0n) is 17.1. The monoisotopic (exact) mass is 535 g/mol. The first kappa shape index (κ1) is 24.3. The van der Waals surface area contributed by atoms with Crippen LogP contribution in [0.25, 0.3) is 0 Å². The molecule has 5 heteroatoms. The maximum absolute atomic E-state index is 4.83. The summed E-state index contributed by atoms with van der Waals surface area (Å²) in [6.07, 6.45) is 1.03. The summed E-state index contributed by atoms with van der Waals surface area (Å²) in [7, 11) is 12.7. The Balaban J connectivity index is 0.000000628. The van der Waals surface area contributed by atoms with Crippen LogP contribution in [0.5, 0.6) is 0 Å². The van der Waals surface area contributed by atoms with Crippen LogP contribution in [0.1, 0.15) is 11.1 Å². The maximum atomic E-state index is 4.83. The van der Waals surface area contributed by atoms with Crippen LogP contribution >= 0.6 is 37.6 Å². The summed E-state index contributed by atoms with van der Waals surface area (Å²) >= 11 is -0.896. The fourth-order valence-corrected chi connectivity index (χ4v) is 7.98. The van der Waals surface area contributed by atoms with Crippen LogP contribution in [0.2, 0.25) is 0 Å². The molecule has 4 aromatic carbocycles. The average Bonchev–Trinajstić information content (AvgIpc) is 2.80. The van der Waals surface area contributed by atoms with Gasteiger partial charge < -0.3 is 0 Å². The third kappa shape index (κ3) is 6.59. The molecule has 0 heterocycles. The molecule has 0 spiro atoms. The third-order valence-corrected chi connectivity index (χ3v) is 9.51. The van der Waals surface area contributed by atoms with Crippen LogP contribution in [-0.4, -0.2) is 0 Å². The third-order valence-electron chi connectivity index (χ3n) is 5.13. The predicted octanol–water partition coefficient (Wildman–Crippen LogP) is 7.56. The van der Waals surface area contributed by atoms with Gasteiger partial charge >= 0.3 is 41.5 Å². The average molecular weight is 537 g/mol. The van der Waals surface area contributed by atoms with Gasteiger partial charge in [0.15, 0.2) is 0 Å². The van der Waals surface area contributed by atoms with Gasteiger partial charge in [0.05, 0.1) is 6.16 Å². The van der Waals surface area contributed by atoms with E-state index in [2.05, 4.69) is 122 Å². The molecule has 4 rings (SSSR count). The molecule has 4 aromatic rings. The van der Waals surface area contributed by atoms with E-state index in [1.807, 2.05) is 0 Å². The summed E-state index contributed by atoms with van der Waals surface area (Å²) in [5, 5.41) is 4.30. The zero-order valence-corrected chi connectivity index (χ0v) is 21.2. The van der Waals surface area contributed by atoms with E-state index in [1.165, 1.54) is 27.0 Å². The molecular weight excluding hydrogens is 513 g/mol. The molecule has 31 heavy (non-hydrogen) atoms. The molecule has 0 unspecified atom stereocenters. The summed E-state index contributed by atoms with van der Waals surface area (Å²) in [6, 6.07) is 42.2. The number of hydrogen-bond acceptors (Lipinski definition) is 0. The SMILES string of the molecule is Cc1ccc(C[P+](c2ccccc2)(c2ccccc2)c2ccccc2)cc1.[Cl][Cu-]([Cl])[Cl]. The van der Waals surface area contributed by atoms with Crippen LogP contribution in [0.15, 0.2) is 115 Å². The Morgan fingerprint density at radius 1 is 0.548 bits per heavy atom. The fourth-order valence-electron chi connectivity index (χ4n) is 3.74. The van der Waals surface area contributed by atoms with Crippen molar-refractivity contribution in [3.8, 4) is 0 Å². The molecule has 0 atom stereocenters. The van der Waals surface area contributed by atoms with Crippen LogP contribution in [-0.2, 0) is 17.3 Å². The summed E-state index contributed by atoms with van der Waals surface area (Å²) in [6.45, 7) is 2.15. The van der Waals surface area contributed by atoms with Gasteiger partial charge in [0.2, 0.25) is 0 Å². The summed E-state index contributed by atoms with van der Waals surface area (Å²) in [5.74, 6) is 0. The first-order valence-corrected chi connectivity index (χ1v) is 15.6. The molecule has 0 aliphatic rings. The normalized spacial score (nSPS) is 11.3. The molecule has 0 fully saturated rings. The molecule has 0 saturated heterocycles. The van der Waals surface area contributed by atoms with E-state index in [1.54, 1.807) is 0 Å². The number of rotatable bonds is 5. The van der Waals surface area contributed by atoms with E-state index < -0.39 is 18.4 Å². The van der Waals surface area contributed by atoms with Gasteiger partial charge in [-0.25, -0.2) is 0 Å². The van der Waals surface area contributed by atoms with E-state index in [-0.39, 0.29) is 0 Å². The first-order chi connectivity index (χ1) is 15.0. The van der Waals surface area contributed by atoms with Gasteiger partial charge in [0.1, 0.15) is 23.2 Å². The Labute approximate surface area is 203 Å². The summed E-state index contributed by atoms with van der Waals surface area (Å²) in [4.78, 5) is 0. The van der Waals surface area contributed by atoms with E-state index in [9.17, 15) is 0 Å². The second-order valence-electron chi connectivity index (χ2n) is 7.09. The quantitative estimate of drug-likeness (QED) is 0.182. The van der Waals surface area contributed by atoms with Gasteiger partial charge in [-0.1, -0.05) is 84.4 Å². The standard InChI is InChI=1S/C26H24P.3ClH.Cu/c1-22-17-19-23(20-18-22)21-27(24-11-5-2-6-12-24,25-13-7-3-8-14-25)26-15-9-4-10-16-26;;;;/h2-20H,21H2,1H3;3*1H;/q+1;;;;+2/p-3. The summed E-state index contributed by atoms with van der Waals surface area (Å²) in [5.41, 5.74) is 2.70. The summed E-state index contributed by atoms with van der Waals surface area (Å²) < 4.78 is 0. The minimum absolute atomic E-state index is 0.896. The van der Waals surface area contributed by atoms with E-state index >= 15 is 0 Å². The topological polar surface area (TPSA) is 0 Å². The Bertz CT molecular complexity index is 941. The van der Waals surface area contributed by atoms with Gasteiger partial charge in [-0.15, -0.1) is 0 Å². The van der Waals surface area contributed by atoms with Crippen molar-refractivity contribution in [1.29, 1.82) is 0 Å². The van der Waals surface area contributed by atoms with Crippen LogP contribution in [0, 0.1) is 6.92 Å². The van der Waals surface area contributed by atoms with Crippen molar-refractivity contribution in [2.75, 3.05) is 0 Å². The van der Waals surface area contributed by atoms with Gasteiger partial charge in [-0.05, 0) is 48.9 Å². The van der Waals surface area contributed by atoms with Gasteiger partial charge in [0, 0.05) is 0 Å². The molecule has 165 valence electrons. The molecular formula is C26H24Cl3CuP. The molecule has 0 saturated carbocycles. The number of halogens is 3. The van der Waals surface area contributed by atoms with Crippen molar-refractivity contribution in [1.82, 2.24) is 0 Å². The van der Waals surface area contributed by atoms with E-state index in [0.717, 1.165) is 6.16 Å². The second kappa shape index (κ2) is 12.1. The van der Waals surface area contributed by atoms with Crippen molar-refractivity contribution in [3.63, 3.8) is 0 Å². The van der Waals surface area contributed by atoms with Crippen molar-refractivity contribution in [3.05, 3.63) is 126 Å². The van der Waals surface area contributed by atoms with Gasteiger partial charge in [0.25, 0.3) is 0 Å². The van der Waals surface area contributed by atoms with Crippen LogP contribution in [0.4, 0.5) is 0 Å². The molecule has 0 aliphatic heterocycles. The molecule has 0 radical (unpaired) electrons. The Hall–Kier alpha value is -1.30. The fraction of sp³-hybridized carbons (Fsp3) is 0.0769. The predicted molar refractivity (Wildman–Crippen MR) is 138 cm³/mol. The van der Waals surface area contributed by atoms with E-state index in [0.29, 0.717) is 0 Å². The molecule has 0 aliphatic carbocycles. The number of hydrogen-bond donors (Lipinski definition) is 0. The number of benzene rings is 4. The van der Waals surface area contributed by atoms with E-state index in [4.69, 9.17) is 30.3 Å². The van der Waals surface area contributed by atoms with Crippen molar-refractivity contribution in [2.24, 2.45) is 0 Å². The minimum atomic E-state index is -1.79. The van der Waals surface area contributed by atoms with Crippen molar-refractivity contribution in [2.45, 2.75) is 13.1 Å². The number of aryl methyl sites for hydroxylation is 1. The van der Waals surface area contributed by atoms with Crippen LogP contribution in [0.3, 0.4) is 0 Å². The molecule has 0 N–H and O–H groups in total. The van der Waals surface area contributed by atoms with Crippen molar-refractivity contribution < 1.29 is 11.2 Å². The Kier molecular flexibility index (Phi) is 9.48. The zero-order chi connectivity index (χ0) is 22.1. The molecule has 0 aromatic heterocycles. The van der Waals surface area contributed by atoms with Gasteiger partial charge in [-0.2, -0.15) is 0 Å². The van der Waals surface area contributed by atoms with Gasteiger partial charge in [-0.3, -0.25) is 0 Å².